The standard InChI is InChI=1S/C23H26F3N5O/c1-14(2)29-8-7-17-19(13-29)27-28-21(17)22(32)31-11-15-9-30(10-16(15)12-31)20-6-4-3-5-18(20)23(24,25)26/h3-6,15-16H,1,7-13H2,2H3,(H,27,28)/t15-,16+. The average molecular weight is 445 g/mol. The first-order valence-corrected chi connectivity index (χ1v) is 10.9. The number of allylic oxidation sites excluding steroid dienone is 1. The second-order valence-electron chi connectivity index (χ2n) is 9.09. The predicted octanol–water partition coefficient (Wildman–Crippen LogP) is 3.53. The van der Waals surface area contributed by atoms with E-state index in [1.54, 1.807) is 6.07 Å². The van der Waals surface area contributed by atoms with E-state index in [2.05, 4.69) is 21.7 Å². The van der Waals surface area contributed by atoms with Crippen LogP contribution in [0, 0.1) is 11.8 Å². The summed E-state index contributed by atoms with van der Waals surface area (Å²) in [5.74, 6) is 0.241. The second-order valence-corrected chi connectivity index (χ2v) is 9.09. The molecule has 6 nitrogen and oxygen atoms in total. The van der Waals surface area contributed by atoms with E-state index in [0.29, 0.717) is 38.4 Å². The summed E-state index contributed by atoms with van der Waals surface area (Å²) in [7, 11) is 0. The molecular weight excluding hydrogens is 419 g/mol. The Balaban J connectivity index is 1.27. The van der Waals surface area contributed by atoms with Crippen LogP contribution in [0.5, 0.6) is 0 Å². The molecule has 170 valence electrons. The molecule has 0 aliphatic carbocycles. The lowest BCUT2D eigenvalue weighted by atomic mass is 10.0. The number of hydrogen-bond donors (Lipinski definition) is 1. The van der Waals surface area contributed by atoms with Crippen LogP contribution in [-0.4, -0.2) is 58.6 Å². The van der Waals surface area contributed by atoms with Crippen LogP contribution < -0.4 is 4.90 Å². The summed E-state index contributed by atoms with van der Waals surface area (Å²) in [6.45, 7) is 9.57. The van der Waals surface area contributed by atoms with Crippen LogP contribution in [0.3, 0.4) is 0 Å². The van der Waals surface area contributed by atoms with Gasteiger partial charge in [0.15, 0.2) is 5.69 Å². The summed E-state index contributed by atoms with van der Waals surface area (Å²) >= 11 is 0. The number of likely N-dealkylation sites (tertiary alicyclic amines) is 1. The number of fused-ring (bicyclic) bond motifs is 2. The van der Waals surface area contributed by atoms with E-state index in [4.69, 9.17) is 0 Å². The molecule has 3 aliphatic rings. The monoisotopic (exact) mass is 445 g/mol. The number of benzene rings is 1. The van der Waals surface area contributed by atoms with Crippen molar-refractivity contribution in [1.82, 2.24) is 20.0 Å². The second kappa shape index (κ2) is 7.56. The third kappa shape index (κ3) is 3.53. The number of H-pyrrole nitrogens is 1. The lowest BCUT2D eigenvalue weighted by Gasteiger charge is -2.29. The van der Waals surface area contributed by atoms with Crippen molar-refractivity contribution in [1.29, 1.82) is 0 Å². The van der Waals surface area contributed by atoms with Crippen molar-refractivity contribution in [2.75, 3.05) is 37.6 Å². The zero-order chi connectivity index (χ0) is 22.6. The largest absolute Gasteiger partial charge is 0.418 e. The first-order valence-electron chi connectivity index (χ1n) is 10.9. The highest BCUT2D eigenvalue weighted by Gasteiger charge is 2.44. The normalized spacial score (nSPS) is 22.8. The number of alkyl halides is 3. The van der Waals surface area contributed by atoms with Gasteiger partial charge in [-0.15, -0.1) is 0 Å². The van der Waals surface area contributed by atoms with Crippen LogP contribution in [-0.2, 0) is 19.1 Å². The van der Waals surface area contributed by atoms with Crippen LogP contribution in [0.1, 0.15) is 34.2 Å². The van der Waals surface area contributed by atoms with Gasteiger partial charge in [-0.2, -0.15) is 18.3 Å². The molecule has 3 aliphatic heterocycles. The van der Waals surface area contributed by atoms with E-state index in [0.717, 1.165) is 36.0 Å². The molecule has 0 unspecified atom stereocenters. The zero-order valence-corrected chi connectivity index (χ0v) is 18.0. The summed E-state index contributed by atoms with van der Waals surface area (Å²) in [4.78, 5) is 19.0. The van der Waals surface area contributed by atoms with Gasteiger partial charge < -0.3 is 14.7 Å². The van der Waals surface area contributed by atoms with Crippen molar-refractivity contribution in [2.45, 2.75) is 26.1 Å². The van der Waals surface area contributed by atoms with E-state index < -0.39 is 11.7 Å². The number of anilines is 1. The number of amides is 1. The van der Waals surface area contributed by atoms with Crippen molar-refractivity contribution in [3.63, 3.8) is 0 Å². The molecule has 5 rings (SSSR count). The molecule has 1 amide bonds. The molecular formula is C23H26F3N5O. The maximum Gasteiger partial charge on any atom is 0.418 e. The number of nitrogens with one attached hydrogen (secondary N) is 1. The van der Waals surface area contributed by atoms with E-state index in [-0.39, 0.29) is 23.4 Å². The third-order valence-electron chi connectivity index (χ3n) is 7.00. The van der Waals surface area contributed by atoms with Crippen molar-refractivity contribution >= 4 is 11.6 Å². The predicted molar refractivity (Wildman–Crippen MR) is 114 cm³/mol. The molecule has 9 heteroatoms. The average Bonchev–Trinajstić information content (AvgIpc) is 3.45. The van der Waals surface area contributed by atoms with E-state index in [1.807, 2.05) is 16.7 Å². The van der Waals surface area contributed by atoms with Gasteiger partial charge in [-0.25, -0.2) is 0 Å². The molecule has 2 aromatic rings. The van der Waals surface area contributed by atoms with Crippen LogP contribution in [0.2, 0.25) is 0 Å². The van der Waals surface area contributed by atoms with Gasteiger partial charge >= 0.3 is 6.18 Å². The van der Waals surface area contributed by atoms with Gasteiger partial charge in [0.2, 0.25) is 0 Å². The zero-order valence-electron chi connectivity index (χ0n) is 18.0. The molecule has 1 N–H and O–H groups in total. The lowest BCUT2D eigenvalue weighted by molar-refractivity contribution is -0.137. The molecule has 4 heterocycles. The quantitative estimate of drug-likeness (QED) is 0.786. The molecule has 2 saturated heterocycles. The number of hydrogen-bond acceptors (Lipinski definition) is 4. The molecule has 2 atom stereocenters. The van der Waals surface area contributed by atoms with Crippen LogP contribution >= 0.6 is 0 Å². The van der Waals surface area contributed by atoms with Gasteiger partial charge in [-0.05, 0) is 25.5 Å². The highest BCUT2D eigenvalue weighted by Crippen LogP contribution is 2.41. The summed E-state index contributed by atoms with van der Waals surface area (Å²) in [6.07, 6.45) is -3.64. The molecule has 32 heavy (non-hydrogen) atoms. The first kappa shape index (κ1) is 20.9. The first-order chi connectivity index (χ1) is 15.2. The molecule has 0 radical (unpaired) electrons. The van der Waals surface area contributed by atoms with Crippen molar-refractivity contribution in [3.05, 3.63) is 59.1 Å². The minimum Gasteiger partial charge on any atom is -0.370 e. The Kier molecular flexibility index (Phi) is 4.94. The molecule has 0 spiro atoms. The van der Waals surface area contributed by atoms with Gasteiger partial charge in [-0.1, -0.05) is 18.7 Å². The highest BCUT2D eigenvalue weighted by molar-refractivity contribution is 5.94. The molecule has 0 bridgehead atoms. The Morgan fingerprint density at radius 2 is 1.81 bits per heavy atom. The van der Waals surface area contributed by atoms with Gasteiger partial charge in [0.1, 0.15) is 0 Å². The van der Waals surface area contributed by atoms with E-state index in [1.165, 1.54) is 12.1 Å². The smallest absolute Gasteiger partial charge is 0.370 e. The summed E-state index contributed by atoms with van der Waals surface area (Å²) in [5.41, 5.74) is 3.04. The minimum atomic E-state index is -4.38. The fourth-order valence-electron chi connectivity index (χ4n) is 5.32. The highest BCUT2D eigenvalue weighted by atomic mass is 19.4. The molecule has 2 fully saturated rings. The molecule has 1 aromatic heterocycles. The van der Waals surface area contributed by atoms with Gasteiger partial charge in [0.25, 0.3) is 5.91 Å². The Morgan fingerprint density at radius 3 is 2.47 bits per heavy atom. The SMILES string of the molecule is C=C(C)N1CCc2c(C(=O)N3C[C@@H]4CN(c5ccccc5C(F)(F)F)C[C@@H]4C3)n[nH]c2C1. The number of halogens is 3. The van der Waals surface area contributed by atoms with Crippen molar-refractivity contribution in [3.8, 4) is 0 Å². The molecule has 1 aromatic carbocycles. The minimum absolute atomic E-state index is 0.0806. The summed E-state index contributed by atoms with van der Waals surface area (Å²) in [6, 6.07) is 5.74. The third-order valence-corrected chi connectivity index (χ3v) is 7.00. The number of carbonyl (C=O) groups excluding carboxylic acids is 1. The maximum absolute atomic E-state index is 13.4. The van der Waals surface area contributed by atoms with Crippen molar-refractivity contribution in [2.24, 2.45) is 11.8 Å². The van der Waals surface area contributed by atoms with E-state index >= 15 is 0 Å². The lowest BCUT2D eigenvalue weighted by Crippen LogP contribution is -2.35. The Morgan fingerprint density at radius 1 is 1.12 bits per heavy atom. The van der Waals surface area contributed by atoms with Gasteiger partial charge in [-0.3, -0.25) is 9.89 Å². The fraction of sp³-hybridized carbons (Fsp3) is 0.478. The van der Waals surface area contributed by atoms with Gasteiger partial charge in [0.05, 0.1) is 17.8 Å². The number of rotatable bonds is 3. The summed E-state index contributed by atoms with van der Waals surface area (Å²) in [5, 5.41) is 7.34. The number of carbonyl (C=O) groups is 1. The Labute approximate surface area is 184 Å². The van der Waals surface area contributed by atoms with Gasteiger partial charge in [0, 0.05) is 61.5 Å². The van der Waals surface area contributed by atoms with Crippen molar-refractivity contribution < 1.29 is 18.0 Å². The van der Waals surface area contributed by atoms with Crippen LogP contribution in [0.4, 0.5) is 18.9 Å². The number of aromatic nitrogens is 2. The Bertz CT molecular complexity index is 1050. The Hall–Kier alpha value is -2.97. The number of para-hydroxylation sites is 1. The van der Waals surface area contributed by atoms with E-state index in [9.17, 15) is 18.0 Å². The maximum atomic E-state index is 13.4. The van der Waals surface area contributed by atoms with Crippen LogP contribution in [0.15, 0.2) is 36.5 Å². The fourth-order valence-corrected chi connectivity index (χ4v) is 5.32. The molecule has 0 saturated carbocycles. The number of aromatic amines is 1. The topological polar surface area (TPSA) is 55.5 Å². The van der Waals surface area contributed by atoms with Crippen LogP contribution in [0.25, 0.3) is 0 Å². The summed E-state index contributed by atoms with van der Waals surface area (Å²) < 4.78 is 40.3. The number of nitrogens with zero attached hydrogens (tertiary/aromatic N) is 4.